The smallest absolute Gasteiger partial charge is 0.407 e. The van der Waals surface area contributed by atoms with Crippen LogP contribution < -0.4 is 16.0 Å². The van der Waals surface area contributed by atoms with E-state index in [4.69, 9.17) is 4.74 Å². The summed E-state index contributed by atoms with van der Waals surface area (Å²) in [7, 11) is 3.45. The van der Waals surface area contributed by atoms with E-state index in [1.54, 1.807) is 14.1 Å². The molecule has 0 bridgehead atoms. The van der Waals surface area contributed by atoms with Crippen LogP contribution in [-0.2, 0) is 9.53 Å². The van der Waals surface area contributed by atoms with Gasteiger partial charge in [-0.2, -0.15) is 0 Å². The summed E-state index contributed by atoms with van der Waals surface area (Å²) in [6.07, 6.45) is 4.25. The van der Waals surface area contributed by atoms with Gasteiger partial charge in [0, 0.05) is 32.7 Å². The van der Waals surface area contributed by atoms with Gasteiger partial charge in [0.05, 0.1) is 0 Å². The van der Waals surface area contributed by atoms with Crippen LogP contribution in [0.2, 0.25) is 0 Å². The average molecular weight is 511 g/mol. The highest BCUT2D eigenvalue weighted by Crippen LogP contribution is 2.19. The first-order chi connectivity index (χ1) is 12.6. The lowest BCUT2D eigenvalue weighted by molar-refractivity contribution is -0.127. The first-order valence-electron chi connectivity index (χ1n) is 9.85. The molecule has 0 saturated heterocycles. The van der Waals surface area contributed by atoms with E-state index in [1.807, 2.05) is 20.8 Å². The summed E-state index contributed by atoms with van der Waals surface area (Å²) < 4.78 is 5.32. The van der Waals surface area contributed by atoms with Crippen molar-refractivity contribution in [1.82, 2.24) is 20.9 Å². The van der Waals surface area contributed by atoms with E-state index in [9.17, 15) is 9.59 Å². The van der Waals surface area contributed by atoms with Crippen molar-refractivity contribution in [3.8, 4) is 0 Å². The van der Waals surface area contributed by atoms with E-state index < -0.39 is 5.60 Å². The van der Waals surface area contributed by atoms with E-state index in [1.165, 1.54) is 4.90 Å². The minimum Gasteiger partial charge on any atom is -0.444 e. The summed E-state index contributed by atoms with van der Waals surface area (Å²) >= 11 is 0. The monoisotopic (exact) mass is 511 g/mol. The Labute approximate surface area is 186 Å². The van der Waals surface area contributed by atoms with Crippen molar-refractivity contribution in [3.63, 3.8) is 0 Å². The Morgan fingerprint density at radius 2 is 1.61 bits per heavy atom. The Hall–Kier alpha value is -1.26. The minimum absolute atomic E-state index is 0. The third kappa shape index (κ3) is 11.6. The standard InChI is InChI=1S/C19H37N5O3.HI/c1-7-12-20-17(21-13-16(25)24(5)6)22-14-8-10-15(11-9-14)23-18(26)27-19(2,3)4;/h14-15H,7-13H2,1-6H3,(H,23,26)(H2,20,21,22);1H. The molecule has 9 heteroatoms. The molecule has 1 aliphatic carbocycles. The van der Waals surface area contributed by atoms with Gasteiger partial charge in [-0.1, -0.05) is 6.92 Å². The van der Waals surface area contributed by atoms with E-state index in [0.29, 0.717) is 5.96 Å². The summed E-state index contributed by atoms with van der Waals surface area (Å²) in [5.41, 5.74) is -0.483. The van der Waals surface area contributed by atoms with Crippen molar-refractivity contribution in [3.05, 3.63) is 0 Å². The minimum atomic E-state index is -0.483. The van der Waals surface area contributed by atoms with Crippen molar-refractivity contribution in [2.75, 3.05) is 27.2 Å². The van der Waals surface area contributed by atoms with Crippen LogP contribution in [0.25, 0.3) is 0 Å². The fourth-order valence-corrected chi connectivity index (χ4v) is 2.73. The molecule has 1 rings (SSSR count). The van der Waals surface area contributed by atoms with Gasteiger partial charge in [-0.05, 0) is 52.9 Å². The van der Waals surface area contributed by atoms with E-state index in [0.717, 1.165) is 38.6 Å². The first-order valence-corrected chi connectivity index (χ1v) is 9.85. The van der Waals surface area contributed by atoms with Gasteiger partial charge in [-0.3, -0.25) is 4.79 Å². The number of rotatable bonds is 6. The lowest BCUT2D eigenvalue weighted by atomic mass is 9.91. The van der Waals surface area contributed by atoms with Gasteiger partial charge in [0.1, 0.15) is 12.1 Å². The molecule has 8 nitrogen and oxygen atoms in total. The highest BCUT2D eigenvalue weighted by molar-refractivity contribution is 14.0. The maximum Gasteiger partial charge on any atom is 0.407 e. The topological polar surface area (TPSA) is 95.1 Å². The molecule has 0 aromatic rings. The molecule has 0 unspecified atom stereocenters. The molecule has 0 heterocycles. The van der Waals surface area contributed by atoms with Gasteiger partial charge >= 0.3 is 6.09 Å². The molecule has 2 amide bonds. The Morgan fingerprint density at radius 3 is 2.07 bits per heavy atom. The zero-order chi connectivity index (χ0) is 20.4. The van der Waals surface area contributed by atoms with Gasteiger partial charge in [-0.15, -0.1) is 24.0 Å². The number of likely N-dealkylation sites (N-methyl/N-ethyl adjacent to an activating group) is 1. The van der Waals surface area contributed by atoms with Crippen LogP contribution in [0.5, 0.6) is 0 Å². The van der Waals surface area contributed by atoms with Crippen molar-refractivity contribution in [2.24, 2.45) is 4.99 Å². The van der Waals surface area contributed by atoms with Gasteiger partial charge in [0.2, 0.25) is 5.91 Å². The molecular formula is C19H38IN5O3. The van der Waals surface area contributed by atoms with Crippen LogP contribution in [0.4, 0.5) is 4.79 Å². The molecule has 1 saturated carbocycles. The molecule has 28 heavy (non-hydrogen) atoms. The zero-order valence-corrected chi connectivity index (χ0v) is 20.5. The average Bonchev–Trinajstić information content (AvgIpc) is 2.56. The predicted octanol–water partition coefficient (Wildman–Crippen LogP) is 2.47. The number of guanidine groups is 1. The summed E-state index contributed by atoms with van der Waals surface area (Å²) in [6, 6.07) is 0.413. The van der Waals surface area contributed by atoms with Crippen LogP contribution in [-0.4, -0.2) is 67.7 Å². The number of aliphatic imine (C=N–C) groups is 1. The molecule has 0 aliphatic heterocycles. The van der Waals surface area contributed by atoms with Crippen molar-refractivity contribution < 1.29 is 14.3 Å². The highest BCUT2D eigenvalue weighted by Gasteiger charge is 2.25. The number of hydrogen-bond acceptors (Lipinski definition) is 4. The SMILES string of the molecule is CCCNC(=NCC(=O)N(C)C)NC1CCC(NC(=O)OC(C)(C)C)CC1.I. The van der Waals surface area contributed by atoms with E-state index >= 15 is 0 Å². The molecule has 0 spiro atoms. The zero-order valence-electron chi connectivity index (χ0n) is 18.1. The molecule has 0 aromatic carbocycles. The second-order valence-electron chi connectivity index (χ2n) is 8.22. The number of halogens is 1. The summed E-state index contributed by atoms with van der Waals surface area (Å²) in [4.78, 5) is 29.6. The number of carbonyl (C=O) groups is 2. The number of carbonyl (C=O) groups excluding carboxylic acids is 2. The molecule has 0 radical (unpaired) electrons. The van der Waals surface area contributed by atoms with Gasteiger partial charge in [-0.25, -0.2) is 9.79 Å². The fraction of sp³-hybridized carbons (Fsp3) is 0.842. The molecule has 1 fully saturated rings. The lowest BCUT2D eigenvalue weighted by Crippen LogP contribution is -2.48. The molecule has 164 valence electrons. The van der Waals surface area contributed by atoms with Crippen LogP contribution >= 0.6 is 24.0 Å². The van der Waals surface area contributed by atoms with Crippen molar-refractivity contribution in [1.29, 1.82) is 0 Å². The number of amides is 2. The number of alkyl carbamates (subject to hydrolysis) is 1. The second kappa shape index (κ2) is 13.1. The normalized spacial score (nSPS) is 19.9. The van der Waals surface area contributed by atoms with Crippen LogP contribution in [0.3, 0.4) is 0 Å². The third-order valence-electron chi connectivity index (χ3n) is 4.20. The van der Waals surface area contributed by atoms with Crippen molar-refractivity contribution >= 4 is 41.9 Å². The Balaban J connectivity index is 0.00000729. The van der Waals surface area contributed by atoms with Gasteiger partial charge < -0.3 is 25.6 Å². The quantitative estimate of drug-likeness (QED) is 0.290. The summed E-state index contributed by atoms with van der Waals surface area (Å²) in [6.45, 7) is 8.60. The second-order valence-corrected chi connectivity index (χ2v) is 8.22. The first kappa shape index (κ1) is 26.7. The number of nitrogens with one attached hydrogen (secondary N) is 3. The molecule has 0 atom stereocenters. The van der Waals surface area contributed by atoms with Crippen LogP contribution in [0.1, 0.15) is 59.8 Å². The van der Waals surface area contributed by atoms with Gasteiger partial charge in [0.25, 0.3) is 0 Å². The number of ether oxygens (including phenoxy) is 1. The maximum atomic E-state index is 11.9. The largest absolute Gasteiger partial charge is 0.444 e. The molecular weight excluding hydrogens is 473 g/mol. The summed E-state index contributed by atoms with van der Waals surface area (Å²) in [5, 5.41) is 9.63. The number of hydrogen-bond donors (Lipinski definition) is 3. The van der Waals surface area contributed by atoms with E-state index in [2.05, 4.69) is 27.9 Å². The lowest BCUT2D eigenvalue weighted by Gasteiger charge is -2.31. The molecule has 3 N–H and O–H groups in total. The summed E-state index contributed by atoms with van der Waals surface area (Å²) in [5.74, 6) is 0.647. The predicted molar refractivity (Wildman–Crippen MR) is 123 cm³/mol. The van der Waals surface area contributed by atoms with Gasteiger partial charge in [0.15, 0.2) is 5.96 Å². The van der Waals surface area contributed by atoms with E-state index in [-0.39, 0.29) is 54.6 Å². The molecule has 1 aliphatic rings. The van der Waals surface area contributed by atoms with Crippen molar-refractivity contribution in [2.45, 2.75) is 77.5 Å². The Morgan fingerprint density at radius 1 is 1.07 bits per heavy atom. The third-order valence-corrected chi connectivity index (χ3v) is 4.20. The van der Waals surface area contributed by atoms with Crippen LogP contribution in [0, 0.1) is 0 Å². The fourth-order valence-electron chi connectivity index (χ4n) is 2.73. The Bertz CT molecular complexity index is 512. The Kier molecular flexibility index (Phi) is 12.5. The van der Waals surface area contributed by atoms with Crippen LogP contribution in [0.15, 0.2) is 4.99 Å². The molecule has 0 aromatic heterocycles. The maximum absolute atomic E-state index is 11.9. The highest BCUT2D eigenvalue weighted by atomic mass is 127. The number of nitrogens with zero attached hydrogens (tertiary/aromatic N) is 2.